The Labute approximate surface area is 107 Å². The Bertz CT molecular complexity index is 297. The van der Waals surface area contributed by atoms with E-state index in [0.717, 1.165) is 0 Å². The molecule has 18 heavy (non-hydrogen) atoms. The highest BCUT2D eigenvalue weighted by Gasteiger charge is 2.31. The zero-order chi connectivity index (χ0) is 13.6. The Hall–Kier alpha value is -1.14. The van der Waals surface area contributed by atoms with Gasteiger partial charge in [0.1, 0.15) is 0 Å². The maximum Gasteiger partial charge on any atom is 0.309 e. The van der Waals surface area contributed by atoms with Crippen molar-refractivity contribution < 1.29 is 24.1 Å². The van der Waals surface area contributed by atoms with Crippen LogP contribution in [0.15, 0.2) is 0 Å². The van der Waals surface area contributed by atoms with Gasteiger partial charge in [0.25, 0.3) is 0 Å². The van der Waals surface area contributed by atoms with Crippen LogP contribution in [-0.2, 0) is 14.3 Å². The highest BCUT2D eigenvalue weighted by atomic mass is 16.5. The molecular weight excluding hydrogens is 238 g/mol. The van der Waals surface area contributed by atoms with Crippen LogP contribution in [-0.4, -0.2) is 47.9 Å². The van der Waals surface area contributed by atoms with Crippen LogP contribution in [0.25, 0.3) is 0 Å². The lowest BCUT2D eigenvalue weighted by Crippen LogP contribution is -2.50. The molecular formula is C12H21NO5. The van der Waals surface area contributed by atoms with E-state index in [-0.39, 0.29) is 23.0 Å². The van der Waals surface area contributed by atoms with E-state index in [0.29, 0.717) is 45.5 Å². The van der Waals surface area contributed by atoms with Gasteiger partial charge in [0.05, 0.1) is 38.6 Å². The summed E-state index contributed by atoms with van der Waals surface area (Å²) in [6, 6.07) is 0. The topological polar surface area (TPSA) is 86.7 Å². The summed E-state index contributed by atoms with van der Waals surface area (Å²) in [6.45, 7) is 3.21. The average molecular weight is 259 g/mol. The average Bonchev–Trinajstić information content (AvgIpc) is 2.29. The molecule has 0 aromatic rings. The van der Waals surface area contributed by atoms with Crippen molar-refractivity contribution in [2.24, 2.45) is 5.92 Å². The third-order valence-corrected chi connectivity index (χ3v) is 3.35. The largest absolute Gasteiger partial charge is 0.633 e. The molecule has 0 saturated carbocycles. The van der Waals surface area contributed by atoms with Crippen LogP contribution in [0.3, 0.4) is 0 Å². The number of esters is 1. The number of hydrogen-bond donors (Lipinski definition) is 1. The molecule has 0 aromatic heterocycles. The van der Waals surface area contributed by atoms with Crippen LogP contribution >= 0.6 is 0 Å². The number of piperidine rings is 1. The highest BCUT2D eigenvalue weighted by Crippen LogP contribution is 2.24. The minimum Gasteiger partial charge on any atom is -0.633 e. The molecule has 0 radical (unpaired) electrons. The highest BCUT2D eigenvalue weighted by molar-refractivity contribution is 5.72. The van der Waals surface area contributed by atoms with Crippen LogP contribution in [0.2, 0.25) is 0 Å². The third kappa shape index (κ3) is 4.62. The summed E-state index contributed by atoms with van der Waals surface area (Å²) in [5.41, 5.74) is 0. The van der Waals surface area contributed by atoms with E-state index >= 15 is 0 Å². The van der Waals surface area contributed by atoms with Crippen LogP contribution in [0.5, 0.6) is 0 Å². The van der Waals surface area contributed by atoms with Gasteiger partial charge < -0.3 is 19.7 Å². The molecule has 1 N–H and O–H groups in total. The predicted molar refractivity (Wildman–Crippen MR) is 64.5 cm³/mol. The molecule has 1 aliphatic heterocycles. The Kier molecular flexibility index (Phi) is 5.55. The molecule has 6 nitrogen and oxygen atoms in total. The van der Waals surface area contributed by atoms with Crippen molar-refractivity contribution >= 4 is 11.9 Å². The molecule has 104 valence electrons. The molecule has 0 aromatic carbocycles. The minimum absolute atomic E-state index is 0.0313. The molecule has 0 bridgehead atoms. The van der Waals surface area contributed by atoms with E-state index in [4.69, 9.17) is 9.84 Å². The summed E-state index contributed by atoms with van der Waals surface area (Å²) in [6.07, 6.45) is 1.50. The number of aliphatic carboxylic acids is 1. The fourth-order valence-electron chi connectivity index (χ4n) is 2.28. The number of ether oxygens (including phenoxy) is 1. The van der Waals surface area contributed by atoms with Crippen molar-refractivity contribution in [2.45, 2.75) is 32.6 Å². The second kappa shape index (κ2) is 6.70. The van der Waals surface area contributed by atoms with Gasteiger partial charge in [0.2, 0.25) is 0 Å². The van der Waals surface area contributed by atoms with Crippen molar-refractivity contribution in [1.82, 2.24) is 0 Å². The number of carbonyl (C=O) groups is 2. The van der Waals surface area contributed by atoms with Gasteiger partial charge in [-0.05, 0) is 6.92 Å². The first-order chi connectivity index (χ1) is 8.47. The van der Waals surface area contributed by atoms with Crippen LogP contribution in [0.4, 0.5) is 0 Å². The Morgan fingerprint density at radius 2 is 2.00 bits per heavy atom. The van der Waals surface area contributed by atoms with E-state index in [1.165, 1.54) is 0 Å². The summed E-state index contributed by atoms with van der Waals surface area (Å²) >= 11 is 0. The molecule has 1 fully saturated rings. The third-order valence-electron chi connectivity index (χ3n) is 3.35. The molecule has 1 heterocycles. The molecule has 0 atom stereocenters. The molecule has 1 aliphatic rings. The second-order valence-electron chi connectivity index (χ2n) is 4.75. The van der Waals surface area contributed by atoms with Gasteiger partial charge in [-0.25, -0.2) is 0 Å². The summed E-state index contributed by atoms with van der Waals surface area (Å²) in [7, 11) is 0. The van der Waals surface area contributed by atoms with Crippen molar-refractivity contribution in [3.8, 4) is 0 Å². The van der Waals surface area contributed by atoms with Gasteiger partial charge in [-0.1, -0.05) is 0 Å². The van der Waals surface area contributed by atoms with Gasteiger partial charge in [0.15, 0.2) is 0 Å². The molecule has 1 rings (SSSR count). The zero-order valence-corrected chi connectivity index (χ0v) is 10.8. The second-order valence-corrected chi connectivity index (χ2v) is 4.75. The lowest BCUT2D eigenvalue weighted by molar-refractivity contribution is -0.886. The Morgan fingerprint density at radius 3 is 2.50 bits per heavy atom. The number of hydroxylamine groups is 3. The number of carboxylic acid groups (broad SMARTS) is 1. The number of nitrogens with zero attached hydrogens (tertiary/aromatic N) is 1. The standard InChI is InChI=1S/C12H21NO5/c1-2-18-12(16)10-5-8-13(17,9-6-10)7-3-4-11(14)15/h10H,2-9H2,1H3,(H,14,15). The molecule has 1 saturated heterocycles. The normalized spacial score (nSPS) is 27.8. The number of likely N-dealkylation sites (tertiary alicyclic amines) is 1. The van der Waals surface area contributed by atoms with Gasteiger partial charge in [-0.2, -0.15) is 0 Å². The van der Waals surface area contributed by atoms with E-state index in [2.05, 4.69) is 0 Å². The summed E-state index contributed by atoms with van der Waals surface area (Å²) in [5.74, 6) is -1.25. The number of carbonyl (C=O) groups excluding carboxylic acids is 1. The molecule has 0 unspecified atom stereocenters. The maximum atomic E-state index is 12.2. The molecule has 6 heteroatoms. The fourth-order valence-corrected chi connectivity index (χ4v) is 2.28. The van der Waals surface area contributed by atoms with Gasteiger partial charge in [-0.3, -0.25) is 9.59 Å². The maximum absolute atomic E-state index is 12.2. The SMILES string of the molecule is CCOC(=O)C1CC[N+]([O-])(CCCC(=O)O)CC1. The monoisotopic (exact) mass is 259 g/mol. The van der Waals surface area contributed by atoms with Crippen molar-refractivity contribution in [3.05, 3.63) is 5.21 Å². The molecule has 0 amide bonds. The van der Waals surface area contributed by atoms with Crippen LogP contribution in [0.1, 0.15) is 32.6 Å². The van der Waals surface area contributed by atoms with E-state index in [1.54, 1.807) is 6.92 Å². The van der Waals surface area contributed by atoms with E-state index < -0.39 is 5.97 Å². The summed E-state index contributed by atoms with van der Waals surface area (Å²) < 4.78 is 4.56. The lowest BCUT2D eigenvalue weighted by Gasteiger charge is -2.47. The van der Waals surface area contributed by atoms with Crippen molar-refractivity contribution in [1.29, 1.82) is 0 Å². The van der Waals surface area contributed by atoms with Crippen LogP contribution < -0.4 is 0 Å². The summed E-state index contributed by atoms with van der Waals surface area (Å²) in [5, 5.41) is 20.8. The predicted octanol–water partition coefficient (Wildman–Crippen LogP) is 1.14. The van der Waals surface area contributed by atoms with Gasteiger partial charge >= 0.3 is 11.9 Å². The number of hydrogen-bond acceptors (Lipinski definition) is 4. The first-order valence-electron chi connectivity index (χ1n) is 6.42. The quantitative estimate of drug-likeness (QED) is 0.439. The van der Waals surface area contributed by atoms with Gasteiger partial charge in [0, 0.05) is 19.3 Å². The first kappa shape index (κ1) is 14.9. The summed E-state index contributed by atoms with van der Waals surface area (Å²) in [4.78, 5) is 21.9. The van der Waals surface area contributed by atoms with Crippen molar-refractivity contribution in [2.75, 3.05) is 26.2 Å². The molecule has 0 aliphatic carbocycles. The lowest BCUT2D eigenvalue weighted by atomic mass is 9.96. The zero-order valence-electron chi connectivity index (χ0n) is 10.8. The molecule has 0 spiro atoms. The Morgan fingerprint density at radius 1 is 1.39 bits per heavy atom. The van der Waals surface area contributed by atoms with Gasteiger partial charge in [-0.15, -0.1) is 0 Å². The minimum atomic E-state index is -0.872. The van der Waals surface area contributed by atoms with E-state index in [9.17, 15) is 14.8 Å². The first-order valence-corrected chi connectivity index (χ1v) is 6.42. The number of quaternary nitrogens is 1. The smallest absolute Gasteiger partial charge is 0.309 e. The number of carboxylic acids is 1. The van der Waals surface area contributed by atoms with E-state index in [1.807, 2.05) is 0 Å². The van der Waals surface area contributed by atoms with Crippen LogP contribution in [0, 0.1) is 11.1 Å². The Balaban J connectivity index is 2.32. The van der Waals surface area contributed by atoms with Crippen molar-refractivity contribution in [3.63, 3.8) is 0 Å². The number of rotatable bonds is 6. The fraction of sp³-hybridized carbons (Fsp3) is 0.833.